The smallest absolute Gasteiger partial charge is 0.111 e. The van der Waals surface area contributed by atoms with E-state index in [0.29, 0.717) is 6.61 Å². The van der Waals surface area contributed by atoms with Gasteiger partial charge in [0.1, 0.15) is 24.4 Å². The molecule has 29 heavy (non-hydrogen) atoms. The number of allylic oxidation sites excluding steroid dienone is 2. The van der Waals surface area contributed by atoms with E-state index in [0.717, 1.165) is 12.8 Å². The van der Waals surface area contributed by atoms with Crippen molar-refractivity contribution in [3.05, 3.63) is 12.2 Å². The average Bonchev–Trinajstić information content (AvgIpc) is 2.72. The van der Waals surface area contributed by atoms with Crippen LogP contribution in [0.5, 0.6) is 0 Å². The van der Waals surface area contributed by atoms with Crippen LogP contribution in [0, 0.1) is 0 Å². The highest BCUT2D eigenvalue weighted by molar-refractivity contribution is 4.86. The summed E-state index contributed by atoms with van der Waals surface area (Å²) in [7, 11) is 0. The molecule has 0 unspecified atom stereocenters. The van der Waals surface area contributed by atoms with E-state index in [-0.39, 0.29) is 13.2 Å². The molecule has 0 spiro atoms. The van der Waals surface area contributed by atoms with Gasteiger partial charge < -0.3 is 24.8 Å². The zero-order valence-electron chi connectivity index (χ0n) is 18.6. The maximum atomic E-state index is 9.83. The first-order chi connectivity index (χ1) is 14.2. The molecule has 3 N–H and O–H groups in total. The average molecular weight is 415 g/mol. The van der Waals surface area contributed by atoms with E-state index in [2.05, 4.69) is 19.1 Å². The second-order valence-corrected chi connectivity index (χ2v) is 8.43. The van der Waals surface area contributed by atoms with Gasteiger partial charge in [0.05, 0.1) is 13.2 Å². The van der Waals surface area contributed by atoms with Crippen LogP contribution in [-0.2, 0) is 9.47 Å². The molecule has 0 amide bonds. The molecule has 5 nitrogen and oxygen atoms in total. The molecule has 0 radical (unpaired) electrons. The van der Waals surface area contributed by atoms with Gasteiger partial charge >= 0.3 is 0 Å². The Hall–Kier alpha value is -0.460. The highest BCUT2D eigenvalue weighted by Crippen LogP contribution is 2.16. The number of unbranched alkanes of at least 4 members (excludes halogenated alkanes) is 12. The maximum Gasteiger partial charge on any atom is 0.111 e. The molecular formula is C24H46O5. The van der Waals surface area contributed by atoms with Crippen molar-refractivity contribution in [1.29, 1.82) is 0 Å². The molecule has 1 aliphatic rings. The van der Waals surface area contributed by atoms with Crippen LogP contribution in [0.15, 0.2) is 12.2 Å². The minimum Gasteiger partial charge on any atom is -0.388 e. The largest absolute Gasteiger partial charge is 0.388 e. The monoisotopic (exact) mass is 414 g/mol. The lowest BCUT2D eigenvalue weighted by Crippen LogP contribution is -2.54. The molecule has 0 saturated carbocycles. The molecule has 1 aliphatic heterocycles. The van der Waals surface area contributed by atoms with E-state index < -0.39 is 24.4 Å². The Morgan fingerprint density at radius 3 is 1.93 bits per heavy atom. The number of hydrogen-bond donors (Lipinski definition) is 3. The summed E-state index contributed by atoms with van der Waals surface area (Å²) >= 11 is 0. The van der Waals surface area contributed by atoms with Crippen LogP contribution in [0.2, 0.25) is 0 Å². The molecule has 0 bridgehead atoms. The van der Waals surface area contributed by atoms with Crippen LogP contribution in [0.4, 0.5) is 0 Å². The summed E-state index contributed by atoms with van der Waals surface area (Å²) < 4.78 is 10.9. The standard InChI is InChI=1S/C24H46O5/c1-2-3-4-5-6-7-8-9-10-11-12-13-14-15-16-17-18-28-20-22-24(27)23(26)21(25)19-29-22/h8-9,21-27H,2-7,10-20H2,1H3/b9-8+/t21-,22+,23+,24+/m1/s1. The van der Waals surface area contributed by atoms with Crippen LogP contribution < -0.4 is 0 Å². The highest BCUT2D eigenvalue weighted by Gasteiger charge is 2.37. The van der Waals surface area contributed by atoms with Crippen LogP contribution in [-0.4, -0.2) is 59.6 Å². The zero-order chi connectivity index (χ0) is 21.2. The van der Waals surface area contributed by atoms with Crippen molar-refractivity contribution in [2.75, 3.05) is 19.8 Å². The van der Waals surface area contributed by atoms with E-state index in [1.54, 1.807) is 0 Å². The van der Waals surface area contributed by atoms with Crippen molar-refractivity contribution in [1.82, 2.24) is 0 Å². The molecule has 1 rings (SSSR count). The van der Waals surface area contributed by atoms with Gasteiger partial charge in [-0.1, -0.05) is 76.9 Å². The van der Waals surface area contributed by atoms with E-state index in [4.69, 9.17) is 9.47 Å². The summed E-state index contributed by atoms with van der Waals surface area (Å²) in [5, 5.41) is 28.9. The number of rotatable bonds is 18. The lowest BCUT2D eigenvalue weighted by Gasteiger charge is -2.35. The Morgan fingerprint density at radius 2 is 1.31 bits per heavy atom. The summed E-state index contributed by atoms with van der Waals surface area (Å²) in [5.41, 5.74) is 0. The first kappa shape index (κ1) is 26.6. The minimum absolute atomic E-state index is 0.0427. The van der Waals surface area contributed by atoms with E-state index >= 15 is 0 Å². The number of hydrogen-bond acceptors (Lipinski definition) is 5. The van der Waals surface area contributed by atoms with Gasteiger partial charge in [-0.25, -0.2) is 0 Å². The van der Waals surface area contributed by atoms with Gasteiger partial charge in [-0.05, 0) is 32.1 Å². The molecule has 0 aliphatic carbocycles. The Balaban J connectivity index is 1.79. The normalized spacial score (nSPS) is 25.1. The van der Waals surface area contributed by atoms with Crippen molar-refractivity contribution in [3.8, 4) is 0 Å². The fourth-order valence-electron chi connectivity index (χ4n) is 3.66. The van der Waals surface area contributed by atoms with Gasteiger partial charge in [0, 0.05) is 6.61 Å². The molecule has 1 saturated heterocycles. The van der Waals surface area contributed by atoms with Crippen molar-refractivity contribution in [2.24, 2.45) is 0 Å². The first-order valence-electron chi connectivity index (χ1n) is 12.0. The molecule has 0 aromatic heterocycles. The van der Waals surface area contributed by atoms with E-state index in [1.807, 2.05) is 0 Å². The highest BCUT2D eigenvalue weighted by atomic mass is 16.6. The fourth-order valence-corrected chi connectivity index (χ4v) is 3.66. The van der Waals surface area contributed by atoms with E-state index in [1.165, 1.54) is 77.0 Å². The van der Waals surface area contributed by atoms with Crippen LogP contribution in [0.25, 0.3) is 0 Å². The Labute approximate surface area is 178 Å². The minimum atomic E-state index is -1.15. The lowest BCUT2D eigenvalue weighted by molar-refractivity contribution is -0.199. The van der Waals surface area contributed by atoms with E-state index in [9.17, 15) is 15.3 Å². The Bertz CT molecular complexity index is 387. The molecule has 1 heterocycles. The van der Waals surface area contributed by atoms with Gasteiger partial charge in [0.2, 0.25) is 0 Å². The quantitative estimate of drug-likeness (QED) is 0.227. The topological polar surface area (TPSA) is 79.2 Å². The predicted molar refractivity (Wildman–Crippen MR) is 118 cm³/mol. The predicted octanol–water partition coefficient (Wildman–Crippen LogP) is 4.52. The summed E-state index contributed by atoms with van der Waals surface area (Å²) in [6.07, 6.45) is 18.9. The van der Waals surface area contributed by atoms with Gasteiger partial charge in [-0.15, -0.1) is 0 Å². The summed E-state index contributed by atoms with van der Waals surface area (Å²) in [5.74, 6) is 0. The Morgan fingerprint density at radius 1 is 0.759 bits per heavy atom. The van der Waals surface area contributed by atoms with Crippen LogP contribution in [0.3, 0.4) is 0 Å². The molecular weight excluding hydrogens is 368 g/mol. The lowest BCUT2D eigenvalue weighted by atomic mass is 10.0. The summed E-state index contributed by atoms with van der Waals surface area (Å²) in [4.78, 5) is 0. The third-order valence-electron chi connectivity index (χ3n) is 5.69. The van der Waals surface area contributed by atoms with Crippen molar-refractivity contribution >= 4 is 0 Å². The molecule has 0 aromatic rings. The molecule has 172 valence electrons. The van der Waals surface area contributed by atoms with Crippen molar-refractivity contribution < 1.29 is 24.8 Å². The Kier molecular flexibility index (Phi) is 16.8. The van der Waals surface area contributed by atoms with Gasteiger partial charge in [0.25, 0.3) is 0 Å². The zero-order valence-corrected chi connectivity index (χ0v) is 18.6. The first-order valence-corrected chi connectivity index (χ1v) is 12.0. The number of ether oxygens (including phenoxy) is 2. The summed E-state index contributed by atoms with van der Waals surface area (Å²) in [6.45, 7) is 3.21. The van der Waals surface area contributed by atoms with Crippen LogP contribution in [0.1, 0.15) is 96.8 Å². The second-order valence-electron chi connectivity index (χ2n) is 8.43. The van der Waals surface area contributed by atoms with Crippen molar-refractivity contribution in [3.63, 3.8) is 0 Å². The third-order valence-corrected chi connectivity index (χ3v) is 5.69. The van der Waals surface area contributed by atoms with Gasteiger partial charge in [-0.2, -0.15) is 0 Å². The second kappa shape index (κ2) is 18.3. The molecule has 4 atom stereocenters. The molecule has 5 heteroatoms. The maximum absolute atomic E-state index is 9.83. The van der Waals surface area contributed by atoms with Gasteiger partial charge in [-0.3, -0.25) is 0 Å². The fraction of sp³-hybridized carbons (Fsp3) is 0.917. The SMILES string of the molecule is CCCCCCC/C=C/CCCCCCCCCOC[C@@H]1OC[C@@H](O)[C@H](O)[C@H]1O. The molecule has 0 aromatic carbocycles. The molecule has 1 fully saturated rings. The van der Waals surface area contributed by atoms with Gasteiger partial charge in [0.15, 0.2) is 0 Å². The van der Waals surface area contributed by atoms with Crippen molar-refractivity contribution in [2.45, 2.75) is 121 Å². The number of aliphatic hydroxyl groups is 3. The summed E-state index contributed by atoms with van der Waals surface area (Å²) in [6, 6.07) is 0. The van der Waals surface area contributed by atoms with Crippen LogP contribution >= 0.6 is 0 Å². The third kappa shape index (κ3) is 13.5. The number of aliphatic hydroxyl groups excluding tert-OH is 3.